The van der Waals surface area contributed by atoms with Crippen molar-refractivity contribution in [2.24, 2.45) is 5.41 Å². The minimum Gasteiger partial charge on any atom is -0.462 e. The summed E-state index contributed by atoms with van der Waals surface area (Å²) in [5.74, 6) is -5.78. The van der Waals surface area contributed by atoms with Gasteiger partial charge in [-0.3, -0.25) is 33.6 Å². The molecule has 15 atom stereocenters. The van der Waals surface area contributed by atoms with Crippen molar-refractivity contribution in [2.75, 3.05) is 6.61 Å². The first-order valence-electron chi connectivity index (χ1n) is 17.7. The molecule has 21 nitrogen and oxygen atoms in total. The van der Waals surface area contributed by atoms with Crippen molar-refractivity contribution in [1.82, 2.24) is 0 Å². The van der Waals surface area contributed by atoms with Gasteiger partial charge in [-0.25, -0.2) is 0 Å². The average Bonchev–Trinajstić information content (AvgIpc) is 3.04. The molecule has 0 aliphatic carbocycles. The third-order valence-corrected chi connectivity index (χ3v) is 8.48. The molecule has 0 unspecified atom stereocenters. The van der Waals surface area contributed by atoms with E-state index < -0.39 is 146 Å². The quantitative estimate of drug-likeness (QED) is 0.186. The van der Waals surface area contributed by atoms with Gasteiger partial charge in [-0.05, 0) is 34.6 Å². The Morgan fingerprint density at radius 3 is 1.20 bits per heavy atom. The van der Waals surface area contributed by atoms with E-state index in [0.29, 0.717) is 0 Å². The van der Waals surface area contributed by atoms with Gasteiger partial charge in [-0.15, -0.1) is 0 Å². The summed E-state index contributed by atoms with van der Waals surface area (Å²) in [6, 6.07) is 0. The lowest BCUT2D eigenvalue weighted by molar-refractivity contribution is -0.380. The molecular formula is C35H52O21. The number of esters is 7. The van der Waals surface area contributed by atoms with Crippen molar-refractivity contribution >= 4 is 41.8 Å². The summed E-state index contributed by atoms with van der Waals surface area (Å²) in [7, 11) is 0. The molecule has 0 spiro atoms. The highest BCUT2D eigenvalue weighted by Gasteiger charge is 2.57. The van der Waals surface area contributed by atoms with Crippen molar-refractivity contribution < 1.29 is 101 Å². The first-order valence-corrected chi connectivity index (χ1v) is 17.7. The highest BCUT2D eigenvalue weighted by molar-refractivity contribution is 5.75. The SMILES string of the molecule is CC(=O)O[C@@H]1[C@@H](OC(C)=O)[C@H](C)O[C@@H](O[C@@H]2[C@@H](O)[C@H](O[C@@H]3O[C@@H](C)[C@H](OC(C)=O)[C@@H](OC(C)=O)[C@H]3OC(C)=O)[C@@H](COC(=O)C(C)(C)C)O[C@@H]2O)[C@@H]1OC(C)=O. The third-order valence-electron chi connectivity index (χ3n) is 8.48. The van der Waals surface area contributed by atoms with Crippen LogP contribution in [0.5, 0.6) is 0 Å². The standard InChI is InChI=1S/C35H52O21/c1-13-23(48-15(3)36)27(50-17(5)38)29(52-19(7)40)32(46-13)55-25-21(12-45-34(44)35(9,10)11)54-31(43)26(22(25)42)56-33-30(53-20(8)41)28(51-18(6)39)24(14(2)47-33)49-16(4)37/h13-14,21-33,42-43H,12H2,1-11H3/t13-,14-,21+,22-,23-,24-,25+,26+,27+,28+,29+,30+,31-,32-,33-/m0/s1. The van der Waals surface area contributed by atoms with E-state index in [4.69, 9.17) is 56.8 Å². The van der Waals surface area contributed by atoms with Crippen LogP contribution in [0.2, 0.25) is 0 Å². The van der Waals surface area contributed by atoms with E-state index in [-0.39, 0.29) is 0 Å². The summed E-state index contributed by atoms with van der Waals surface area (Å²) >= 11 is 0. The van der Waals surface area contributed by atoms with Crippen LogP contribution in [-0.2, 0) is 90.4 Å². The number of carbonyl (C=O) groups is 7. The monoisotopic (exact) mass is 808 g/mol. The summed E-state index contributed by atoms with van der Waals surface area (Å²) in [6.45, 7) is 13.3. The van der Waals surface area contributed by atoms with E-state index in [1.807, 2.05) is 0 Å². The molecule has 0 amide bonds. The topological polar surface area (TPSA) is 271 Å². The lowest BCUT2D eigenvalue weighted by Crippen LogP contribution is -2.67. The van der Waals surface area contributed by atoms with E-state index in [1.54, 1.807) is 20.8 Å². The predicted molar refractivity (Wildman–Crippen MR) is 179 cm³/mol. The van der Waals surface area contributed by atoms with Gasteiger partial charge in [0.1, 0.15) is 31.0 Å². The Morgan fingerprint density at radius 2 is 0.839 bits per heavy atom. The van der Waals surface area contributed by atoms with Crippen LogP contribution < -0.4 is 0 Å². The number of hydrogen-bond acceptors (Lipinski definition) is 21. The number of rotatable bonds is 12. The van der Waals surface area contributed by atoms with Crippen LogP contribution in [0.4, 0.5) is 0 Å². The smallest absolute Gasteiger partial charge is 0.311 e. The van der Waals surface area contributed by atoms with Gasteiger partial charge in [0, 0.05) is 41.5 Å². The fraction of sp³-hybridized carbons (Fsp3) is 0.800. The maximum Gasteiger partial charge on any atom is 0.311 e. The molecule has 21 heteroatoms. The second-order valence-electron chi connectivity index (χ2n) is 14.5. The van der Waals surface area contributed by atoms with Crippen LogP contribution in [-0.4, -0.2) is 151 Å². The van der Waals surface area contributed by atoms with Crippen molar-refractivity contribution in [3.63, 3.8) is 0 Å². The molecule has 56 heavy (non-hydrogen) atoms. The van der Waals surface area contributed by atoms with Crippen molar-refractivity contribution in [3.8, 4) is 0 Å². The molecule has 3 fully saturated rings. The molecule has 0 aromatic rings. The molecule has 2 N–H and O–H groups in total. The van der Waals surface area contributed by atoms with Gasteiger partial charge in [0.05, 0.1) is 17.6 Å². The van der Waals surface area contributed by atoms with Crippen LogP contribution in [0.1, 0.15) is 76.2 Å². The molecule has 318 valence electrons. The minimum atomic E-state index is -2.05. The first kappa shape index (κ1) is 46.4. The maximum absolute atomic E-state index is 12.8. The number of aliphatic hydroxyl groups is 2. The van der Waals surface area contributed by atoms with Gasteiger partial charge in [0.2, 0.25) is 0 Å². The minimum absolute atomic E-state index is 0.628. The molecule has 0 radical (unpaired) electrons. The Morgan fingerprint density at radius 1 is 0.500 bits per heavy atom. The zero-order chi connectivity index (χ0) is 42.4. The zero-order valence-corrected chi connectivity index (χ0v) is 33.0. The summed E-state index contributed by atoms with van der Waals surface area (Å²) in [5, 5.41) is 23.2. The van der Waals surface area contributed by atoms with Crippen LogP contribution >= 0.6 is 0 Å². The molecule has 3 rings (SSSR count). The number of aliphatic hydroxyl groups excluding tert-OH is 2. The predicted octanol–water partition coefficient (Wildman–Crippen LogP) is -0.496. The van der Waals surface area contributed by atoms with E-state index in [1.165, 1.54) is 13.8 Å². The maximum atomic E-state index is 12.8. The average molecular weight is 809 g/mol. The Bertz CT molecular complexity index is 1440. The molecule has 0 aromatic carbocycles. The van der Waals surface area contributed by atoms with Crippen LogP contribution in [0.25, 0.3) is 0 Å². The third kappa shape index (κ3) is 12.3. The van der Waals surface area contributed by atoms with E-state index >= 15 is 0 Å². The van der Waals surface area contributed by atoms with Gasteiger partial charge >= 0.3 is 41.8 Å². The van der Waals surface area contributed by atoms with Crippen LogP contribution in [0, 0.1) is 5.41 Å². The Balaban J connectivity index is 2.07. The van der Waals surface area contributed by atoms with Crippen LogP contribution in [0.15, 0.2) is 0 Å². The highest BCUT2D eigenvalue weighted by Crippen LogP contribution is 2.36. The highest BCUT2D eigenvalue weighted by atomic mass is 16.8. The second-order valence-corrected chi connectivity index (χ2v) is 14.5. The second kappa shape index (κ2) is 19.4. The van der Waals surface area contributed by atoms with E-state index in [0.717, 1.165) is 41.5 Å². The molecule has 3 saturated heterocycles. The fourth-order valence-electron chi connectivity index (χ4n) is 6.20. The molecule has 3 aliphatic heterocycles. The summed E-state index contributed by atoms with van der Waals surface area (Å²) in [6.07, 6.45) is -23.7. The largest absolute Gasteiger partial charge is 0.462 e. The summed E-state index contributed by atoms with van der Waals surface area (Å²) < 4.78 is 67.6. The van der Waals surface area contributed by atoms with E-state index in [9.17, 15) is 43.8 Å². The van der Waals surface area contributed by atoms with Gasteiger partial charge < -0.3 is 67.1 Å². The lowest BCUT2D eigenvalue weighted by atomic mass is 9.95. The van der Waals surface area contributed by atoms with Crippen molar-refractivity contribution in [2.45, 2.75) is 168 Å². The number of carbonyl (C=O) groups excluding carboxylic acids is 7. The number of ether oxygens (including phenoxy) is 12. The van der Waals surface area contributed by atoms with Gasteiger partial charge in [-0.1, -0.05) is 0 Å². The normalized spacial score (nSPS) is 35.9. The molecular weight excluding hydrogens is 756 g/mol. The fourth-order valence-corrected chi connectivity index (χ4v) is 6.20. The first-order chi connectivity index (χ1) is 25.9. The summed E-state index contributed by atoms with van der Waals surface area (Å²) in [5.41, 5.74) is -0.998. The molecule has 3 heterocycles. The van der Waals surface area contributed by atoms with E-state index in [2.05, 4.69) is 0 Å². The Hall–Kier alpha value is -3.99. The molecule has 0 saturated carbocycles. The van der Waals surface area contributed by atoms with Crippen molar-refractivity contribution in [3.05, 3.63) is 0 Å². The molecule has 0 bridgehead atoms. The Labute approximate surface area is 322 Å². The Kier molecular flexibility index (Phi) is 16.1. The van der Waals surface area contributed by atoms with Crippen LogP contribution in [0.3, 0.4) is 0 Å². The van der Waals surface area contributed by atoms with Gasteiger partial charge in [-0.2, -0.15) is 0 Å². The zero-order valence-electron chi connectivity index (χ0n) is 33.0. The summed E-state index contributed by atoms with van der Waals surface area (Å²) in [4.78, 5) is 85.7. The van der Waals surface area contributed by atoms with Gasteiger partial charge in [0.15, 0.2) is 55.5 Å². The number of hydrogen-bond donors (Lipinski definition) is 2. The molecule has 3 aliphatic rings. The van der Waals surface area contributed by atoms with Crippen molar-refractivity contribution in [1.29, 1.82) is 0 Å². The lowest BCUT2D eigenvalue weighted by Gasteiger charge is -2.49. The van der Waals surface area contributed by atoms with Gasteiger partial charge in [0.25, 0.3) is 0 Å². The molecule has 0 aromatic heterocycles.